The summed E-state index contributed by atoms with van der Waals surface area (Å²) in [6.07, 6.45) is 0. The molecule has 4 rings (SSSR count). The van der Waals surface area contributed by atoms with Crippen LogP contribution in [0.4, 0.5) is 5.95 Å². The van der Waals surface area contributed by atoms with Crippen molar-refractivity contribution in [2.75, 3.05) is 26.1 Å². The van der Waals surface area contributed by atoms with Gasteiger partial charge in [-0.25, -0.2) is 9.48 Å². The number of carbonyl (C=O) groups is 1. The summed E-state index contributed by atoms with van der Waals surface area (Å²) < 4.78 is 18.2. The highest BCUT2D eigenvalue weighted by Crippen LogP contribution is 2.43. The molecule has 0 saturated carbocycles. The van der Waals surface area contributed by atoms with E-state index in [0.29, 0.717) is 45.1 Å². The fourth-order valence-corrected chi connectivity index (χ4v) is 3.89. The van der Waals surface area contributed by atoms with Gasteiger partial charge in [-0.05, 0) is 44.2 Å². The van der Waals surface area contributed by atoms with Gasteiger partial charge in [0.25, 0.3) is 0 Å². The number of para-hydroxylation sites is 1. The van der Waals surface area contributed by atoms with Gasteiger partial charge in [0.1, 0.15) is 6.04 Å². The number of halogens is 1. The minimum absolute atomic E-state index is 0.248. The Labute approximate surface area is 190 Å². The summed E-state index contributed by atoms with van der Waals surface area (Å²) >= 11 is 6.03. The van der Waals surface area contributed by atoms with E-state index in [1.807, 2.05) is 31.2 Å². The predicted octanol–water partition coefficient (Wildman–Crippen LogP) is 4.47. The zero-order valence-corrected chi connectivity index (χ0v) is 18.9. The van der Waals surface area contributed by atoms with Gasteiger partial charge in [0.15, 0.2) is 17.3 Å². The summed E-state index contributed by atoms with van der Waals surface area (Å²) in [6, 6.07) is 12.1. The zero-order chi connectivity index (χ0) is 22.8. The molecule has 0 spiro atoms. The molecule has 1 aliphatic rings. The Morgan fingerprint density at radius 1 is 1.16 bits per heavy atom. The van der Waals surface area contributed by atoms with Crippen LogP contribution in [0.15, 0.2) is 53.7 Å². The van der Waals surface area contributed by atoms with Gasteiger partial charge >= 0.3 is 5.97 Å². The van der Waals surface area contributed by atoms with Crippen LogP contribution in [0, 0.1) is 0 Å². The van der Waals surface area contributed by atoms with Gasteiger partial charge in [-0.2, -0.15) is 4.98 Å². The van der Waals surface area contributed by atoms with Gasteiger partial charge in [0.2, 0.25) is 5.95 Å². The number of rotatable bonds is 6. The molecule has 32 heavy (non-hydrogen) atoms. The molecule has 2 heterocycles. The molecule has 0 saturated heterocycles. The first kappa shape index (κ1) is 21.7. The summed E-state index contributed by atoms with van der Waals surface area (Å²) in [5.41, 5.74) is 2.54. The summed E-state index contributed by atoms with van der Waals surface area (Å²) in [5.74, 6) is 1.60. The SMILES string of the molecule is CCOC(=O)C1=C(C)Nc2nc(-c3ccc(Cl)cc3)nn2C1c1cccc(OC)c1OC. The third kappa shape index (κ3) is 3.78. The van der Waals surface area contributed by atoms with Crippen molar-refractivity contribution in [3.63, 3.8) is 0 Å². The number of methoxy groups -OCH3 is 2. The first-order chi connectivity index (χ1) is 15.5. The third-order valence-electron chi connectivity index (χ3n) is 5.18. The molecule has 166 valence electrons. The molecule has 0 aliphatic carbocycles. The van der Waals surface area contributed by atoms with Crippen LogP contribution in [-0.2, 0) is 9.53 Å². The van der Waals surface area contributed by atoms with Crippen molar-refractivity contribution in [3.05, 3.63) is 64.3 Å². The minimum atomic E-state index is -0.635. The van der Waals surface area contributed by atoms with E-state index >= 15 is 0 Å². The molecule has 1 N–H and O–H groups in total. The van der Waals surface area contributed by atoms with Crippen LogP contribution >= 0.6 is 11.6 Å². The summed E-state index contributed by atoms with van der Waals surface area (Å²) in [7, 11) is 3.13. The number of allylic oxidation sites excluding steroid dienone is 1. The number of aromatic nitrogens is 3. The van der Waals surface area contributed by atoms with Crippen LogP contribution in [0.3, 0.4) is 0 Å². The first-order valence-corrected chi connectivity index (χ1v) is 10.4. The number of hydrogen-bond donors (Lipinski definition) is 1. The highest BCUT2D eigenvalue weighted by atomic mass is 35.5. The quantitative estimate of drug-likeness (QED) is 0.550. The Hall–Kier alpha value is -3.52. The molecule has 1 atom stereocenters. The smallest absolute Gasteiger partial charge is 0.338 e. The fraction of sp³-hybridized carbons (Fsp3) is 0.261. The number of benzene rings is 2. The van der Waals surface area contributed by atoms with Crippen molar-refractivity contribution in [1.82, 2.24) is 14.8 Å². The van der Waals surface area contributed by atoms with Crippen molar-refractivity contribution >= 4 is 23.5 Å². The Morgan fingerprint density at radius 2 is 1.91 bits per heavy atom. The largest absolute Gasteiger partial charge is 0.493 e. The van der Waals surface area contributed by atoms with Crippen LogP contribution in [-0.4, -0.2) is 41.6 Å². The highest BCUT2D eigenvalue weighted by Gasteiger charge is 2.37. The molecule has 0 radical (unpaired) electrons. The molecule has 0 amide bonds. The second-order valence-electron chi connectivity index (χ2n) is 7.08. The van der Waals surface area contributed by atoms with E-state index in [4.69, 9.17) is 30.9 Å². The fourth-order valence-electron chi connectivity index (χ4n) is 3.76. The minimum Gasteiger partial charge on any atom is -0.493 e. The summed E-state index contributed by atoms with van der Waals surface area (Å²) in [6.45, 7) is 3.83. The van der Waals surface area contributed by atoms with E-state index in [9.17, 15) is 4.79 Å². The Kier molecular flexibility index (Phi) is 6.05. The standard InChI is InChI=1S/C23H23ClN4O4/c1-5-32-22(29)18-13(2)25-23-26-21(14-9-11-15(24)12-10-14)27-28(23)19(18)16-7-6-8-17(30-3)20(16)31-4/h6-12,19H,5H2,1-4H3,(H,25,26,27). The van der Waals surface area contributed by atoms with E-state index in [2.05, 4.69) is 10.3 Å². The topological polar surface area (TPSA) is 87.5 Å². The molecule has 9 heteroatoms. The maximum atomic E-state index is 13.0. The summed E-state index contributed by atoms with van der Waals surface area (Å²) in [4.78, 5) is 17.7. The molecule has 1 unspecified atom stereocenters. The number of nitrogens with one attached hydrogen (secondary N) is 1. The van der Waals surface area contributed by atoms with Gasteiger partial charge < -0.3 is 19.5 Å². The van der Waals surface area contributed by atoms with Crippen molar-refractivity contribution < 1.29 is 19.0 Å². The Bertz CT molecular complexity index is 1190. The van der Waals surface area contributed by atoms with E-state index in [1.54, 1.807) is 44.0 Å². The van der Waals surface area contributed by atoms with Gasteiger partial charge in [-0.1, -0.05) is 23.7 Å². The van der Waals surface area contributed by atoms with E-state index in [-0.39, 0.29) is 6.61 Å². The van der Waals surface area contributed by atoms with E-state index in [0.717, 1.165) is 5.56 Å². The number of hydrogen-bond acceptors (Lipinski definition) is 7. The lowest BCUT2D eigenvalue weighted by molar-refractivity contribution is -0.139. The molecule has 1 aliphatic heterocycles. The molecule has 0 bridgehead atoms. The monoisotopic (exact) mass is 454 g/mol. The third-order valence-corrected chi connectivity index (χ3v) is 5.43. The lowest BCUT2D eigenvalue weighted by Gasteiger charge is -2.29. The van der Waals surface area contributed by atoms with Gasteiger partial charge in [0, 0.05) is 21.8 Å². The number of esters is 1. The maximum Gasteiger partial charge on any atom is 0.338 e. The molecule has 0 fully saturated rings. The highest BCUT2D eigenvalue weighted by molar-refractivity contribution is 6.30. The van der Waals surface area contributed by atoms with Gasteiger partial charge in [0.05, 0.1) is 26.4 Å². The lowest BCUT2D eigenvalue weighted by Crippen LogP contribution is -2.30. The molecule has 3 aromatic rings. The number of anilines is 1. The average molecular weight is 455 g/mol. The van der Waals surface area contributed by atoms with Crippen LogP contribution in [0.2, 0.25) is 5.02 Å². The number of carbonyl (C=O) groups excluding carboxylic acids is 1. The van der Waals surface area contributed by atoms with Crippen LogP contribution in [0.25, 0.3) is 11.4 Å². The van der Waals surface area contributed by atoms with Crippen molar-refractivity contribution in [1.29, 1.82) is 0 Å². The predicted molar refractivity (Wildman–Crippen MR) is 121 cm³/mol. The lowest BCUT2D eigenvalue weighted by atomic mass is 9.94. The number of fused-ring (bicyclic) bond motifs is 1. The molecule has 1 aromatic heterocycles. The zero-order valence-electron chi connectivity index (χ0n) is 18.2. The maximum absolute atomic E-state index is 13.0. The average Bonchev–Trinajstić information content (AvgIpc) is 3.21. The van der Waals surface area contributed by atoms with Crippen molar-refractivity contribution in [2.45, 2.75) is 19.9 Å². The Morgan fingerprint density at radius 3 is 2.56 bits per heavy atom. The second kappa shape index (κ2) is 8.92. The number of nitrogens with zero attached hydrogens (tertiary/aromatic N) is 3. The second-order valence-corrected chi connectivity index (χ2v) is 7.52. The van der Waals surface area contributed by atoms with Gasteiger partial charge in [-0.3, -0.25) is 0 Å². The first-order valence-electron chi connectivity index (χ1n) is 10.1. The number of ether oxygens (including phenoxy) is 3. The van der Waals surface area contributed by atoms with E-state index < -0.39 is 12.0 Å². The van der Waals surface area contributed by atoms with Crippen molar-refractivity contribution in [2.24, 2.45) is 0 Å². The van der Waals surface area contributed by atoms with Crippen LogP contribution in [0.5, 0.6) is 11.5 Å². The molecular formula is C23H23ClN4O4. The summed E-state index contributed by atoms with van der Waals surface area (Å²) in [5, 5.41) is 8.54. The molecule has 2 aromatic carbocycles. The van der Waals surface area contributed by atoms with Crippen molar-refractivity contribution in [3.8, 4) is 22.9 Å². The van der Waals surface area contributed by atoms with Crippen LogP contribution in [0.1, 0.15) is 25.5 Å². The normalized spacial score (nSPS) is 15.1. The Balaban J connectivity index is 1.92. The van der Waals surface area contributed by atoms with Gasteiger partial charge in [-0.15, -0.1) is 5.10 Å². The van der Waals surface area contributed by atoms with Crippen LogP contribution < -0.4 is 14.8 Å². The van der Waals surface area contributed by atoms with E-state index in [1.165, 1.54) is 0 Å². The molecular weight excluding hydrogens is 432 g/mol. The molecule has 8 nitrogen and oxygen atoms in total.